The van der Waals surface area contributed by atoms with Gasteiger partial charge in [0.05, 0.1) is 0 Å². The number of hydrogen-bond acceptors (Lipinski definition) is 3. The highest BCUT2D eigenvalue weighted by molar-refractivity contribution is 5.78. The maximum absolute atomic E-state index is 11.6. The first-order valence-corrected chi connectivity index (χ1v) is 5.21. The predicted molar refractivity (Wildman–Crippen MR) is 56.4 cm³/mol. The van der Waals surface area contributed by atoms with Gasteiger partial charge in [-0.05, 0) is 18.4 Å². The molecule has 82 valence electrons. The summed E-state index contributed by atoms with van der Waals surface area (Å²) in [6.07, 6.45) is 1.46. The van der Waals surface area contributed by atoms with Gasteiger partial charge in [-0.3, -0.25) is 9.80 Å². The molecule has 3 N–H and O–H groups in total. The van der Waals surface area contributed by atoms with Crippen LogP contribution in [0.25, 0.3) is 0 Å². The van der Waals surface area contributed by atoms with Crippen molar-refractivity contribution in [2.24, 2.45) is 11.1 Å². The average molecular weight is 199 g/mol. The van der Waals surface area contributed by atoms with Gasteiger partial charge in [-0.15, -0.1) is 0 Å². The summed E-state index contributed by atoms with van der Waals surface area (Å²) in [7, 11) is 0. The maximum Gasteiger partial charge on any atom is 0.238 e. The van der Waals surface area contributed by atoms with E-state index in [1.165, 1.54) is 0 Å². The normalized spacial score (nSPS) is 23.3. The Hall–Kier alpha value is -0.610. The summed E-state index contributed by atoms with van der Waals surface area (Å²) in [6, 6.07) is 0.257. The Morgan fingerprint density at radius 3 is 2.64 bits per heavy atom. The fourth-order valence-corrected chi connectivity index (χ4v) is 1.53. The lowest BCUT2D eigenvalue weighted by molar-refractivity contribution is -0.129. The molecule has 1 fully saturated rings. The van der Waals surface area contributed by atoms with Gasteiger partial charge >= 0.3 is 0 Å². The fraction of sp³-hybridized carbons (Fsp3) is 0.900. The molecule has 1 heterocycles. The zero-order chi connectivity index (χ0) is 10.8. The highest BCUT2D eigenvalue weighted by atomic mass is 16.2. The highest BCUT2D eigenvalue weighted by Crippen LogP contribution is 2.26. The van der Waals surface area contributed by atoms with Crippen LogP contribution in [0, 0.1) is 5.41 Å². The Kier molecular flexibility index (Phi) is 3.50. The second kappa shape index (κ2) is 4.28. The van der Waals surface area contributed by atoms with E-state index in [0.717, 1.165) is 13.0 Å². The molecule has 0 saturated carbocycles. The molecule has 0 aliphatic carbocycles. The van der Waals surface area contributed by atoms with Crippen molar-refractivity contribution >= 4 is 5.91 Å². The van der Waals surface area contributed by atoms with Crippen LogP contribution in [0.5, 0.6) is 0 Å². The van der Waals surface area contributed by atoms with Crippen molar-refractivity contribution in [3.05, 3.63) is 0 Å². The molecule has 1 amide bonds. The minimum absolute atomic E-state index is 0.132. The van der Waals surface area contributed by atoms with E-state index >= 15 is 0 Å². The molecule has 0 aromatic rings. The van der Waals surface area contributed by atoms with Crippen molar-refractivity contribution in [2.45, 2.75) is 39.7 Å². The molecule has 0 aromatic heterocycles. The van der Waals surface area contributed by atoms with Gasteiger partial charge in [-0.2, -0.15) is 0 Å². The van der Waals surface area contributed by atoms with Crippen molar-refractivity contribution < 1.29 is 4.79 Å². The van der Waals surface area contributed by atoms with Crippen LogP contribution < -0.4 is 11.2 Å². The number of amides is 1. The largest absolute Gasteiger partial charge is 0.330 e. The van der Waals surface area contributed by atoms with Gasteiger partial charge in [0.2, 0.25) is 5.91 Å². The number of carbonyl (C=O) groups excluding carboxylic acids is 1. The number of hydrogen-bond donors (Lipinski definition) is 2. The molecule has 4 heteroatoms. The summed E-state index contributed by atoms with van der Waals surface area (Å²) in [5.74, 6) is 0.193. The molecule has 0 aromatic carbocycles. The van der Waals surface area contributed by atoms with Crippen LogP contribution in [0.3, 0.4) is 0 Å². The lowest BCUT2D eigenvalue weighted by atomic mass is 9.86. The molecular formula is C10H21N3O. The zero-order valence-electron chi connectivity index (χ0n) is 9.34. The van der Waals surface area contributed by atoms with Crippen LogP contribution in [0.2, 0.25) is 0 Å². The van der Waals surface area contributed by atoms with Crippen molar-refractivity contribution in [3.8, 4) is 0 Å². The molecule has 0 bridgehead atoms. The van der Waals surface area contributed by atoms with Crippen LogP contribution in [-0.2, 0) is 4.79 Å². The average Bonchev–Trinajstić information content (AvgIpc) is 2.43. The number of nitrogens with one attached hydrogen (secondary N) is 1. The number of hydrazine groups is 1. The lowest BCUT2D eigenvalue weighted by Crippen LogP contribution is -2.43. The standard InChI is InChI=1S/C10H21N3O/c1-10(2,3)8-7-9(14)13(12-8)6-4-5-11/h8,12H,4-7,11H2,1-3H3. The highest BCUT2D eigenvalue weighted by Gasteiger charge is 2.35. The molecule has 1 aliphatic heterocycles. The summed E-state index contributed by atoms with van der Waals surface area (Å²) in [5, 5.41) is 1.71. The molecule has 1 saturated heterocycles. The van der Waals surface area contributed by atoms with E-state index in [2.05, 4.69) is 26.2 Å². The molecule has 4 nitrogen and oxygen atoms in total. The van der Waals surface area contributed by atoms with Gasteiger partial charge in [-0.25, -0.2) is 5.43 Å². The topological polar surface area (TPSA) is 58.4 Å². The first-order valence-electron chi connectivity index (χ1n) is 5.21. The van der Waals surface area contributed by atoms with Crippen LogP contribution in [0.15, 0.2) is 0 Å². The smallest absolute Gasteiger partial charge is 0.238 e. The molecule has 1 unspecified atom stereocenters. The van der Waals surface area contributed by atoms with Crippen LogP contribution in [0.4, 0.5) is 0 Å². The van der Waals surface area contributed by atoms with E-state index in [9.17, 15) is 4.79 Å². The van der Waals surface area contributed by atoms with Gasteiger partial charge in [0, 0.05) is 19.0 Å². The Balaban J connectivity index is 2.47. The predicted octanol–water partition coefficient (Wildman–Crippen LogP) is 0.487. The van der Waals surface area contributed by atoms with E-state index < -0.39 is 0 Å². The van der Waals surface area contributed by atoms with Crippen molar-refractivity contribution in [2.75, 3.05) is 13.1 Å². The SMILES string of the molecule is CC(C)(C)C1CC(=O)N(CCCN)N1. The molecule has 1 rings (SSSR count). The minimum atomic E-state index is 0.132. The second-order valence-corrected chi connectivity index (χ2v) is 4.94. The third-order valence-corrected chi connectivity index (χ3v) is 2.62. The maximum atomic E-state index is 11.6. The van der Waals surface area contributed by atoms with Crippen LogP contribution >= 0.6 is 0 Å². The van der Waals surface area contributed by atoms with E-state index in [0.29, 0.717) is 13.0 Å². The van der Waals surface area contributed by atoms with Crippen molar-refractivity contribution in [1.29, 1.82) is 0 Å². The number of rotatable bonds is 3. The summed E-state index contributed by atoms with van der Waals surface area (Å²) >= 11 is 0. The van der Waals surface area contributed by atoms with Crippen molar-refractivity contribution in [1.82, 2.24) is 10.4 Å². The molecule has 1 atom stereocenters. The molecular weight excluding hydrogens is 178 g/mol. The number of nitrogens with two attached hydrogens (primary N) is 1. The molecule has 0 radical (unpaired) electrons. The van der Waals surface area contributed by atoms with Gasteiger partial charge in [0.25, 0.3) is 0 Å². The Morgan fingerprint density at radius 2 is 2.21 bits per heavy atom. The van der Waals surface area contributed by atoms with Gasteiger partial charge in [-0.1, -0.05) is 20.8 Å². The summed E-state index contributed by atoms with van der Waals surface area (Å²) in [6.45, 7) is 7.78. The van der Waals surface area contributed by atoms with Crippen LogP contribution in [-0.4, -0.2) is 30.0 Å². The summed E-state index contributed by atoms with van der Waals surface area (Å²) in [5.41, 5.74) is 8.78. The number of nitrogens with zero attached hydrogens (tertiary/aromatic N) is 1. The Bertz CT molecular complexity index is 210. The van der Waals surface area contributed by atoms with Gasteiger partial charge in [0.15, 0.2) is 0 Å². The van der Waals surface area contributed by atoms with E-state index in [4.69, 9.17) is 5.73 Å². The monoisotopic (exact) mass is 199 g/mol. The Morgan fingerprint density at radius 1 is 1.57 bits per heavy atom. The van der Waals surface area contributed by atoms with Gasteiger partial charge in [0.1, 0.15) is 0 Å². The quantitative estimate of drug-likeness (QED) is 0.695. The lowest BCUT2D eigenvalue weighted by Gasteiger charge is -2.27. The van der Waals surface area contributed by atoms with E-state index in [-0.39, 0.29) is 17.4 Å². The number of carbonyl (C=O) groups is 1. The van der Waals surface area contributed by atoms with Crippen LogP contribution in [0.1, 0.15) is 33.6 Å². The second-order valence-electron chi connectivity index (χ2n) is 4.94. The summed E-state index contributed by atoms with van der Waals surface area (Å²) in [4.78, 5) is 11.6. The van der Waals surface area contributed by atoms with E-state index in [1.54, 1.807) is 5.01 Å². The molecule has 1 aliphatic rings. The van der Waals surface area contributed by atoms with E-state index in [1.807, 2.05) is 0 Å². The third kappa shape index (κ3) is 2.69. The fourth-order valence-electron chi connectivity index (χ4n) is 1.53. The third-order valence-electron chi connectivity index (χ3n) is 2.62. The first-order chi connectivity index (χ1) is 6.45. The van der Waals surface area contributed by atoms with Gasteiger partial charge < -0.3 is 5.73 Å². The minimum Gasteiger partial charge on any atom is -0.330 e. The zero-order valence-corrected chi connectivity index (χ0v) is 9.34. The Labute approximate surface area is 85.8 Å². The molecule has 14 heavy (non-hydrogen) atoms. The first kappa shape index (κ1) is 11.5. The molecule has 0 spiro atoms. The van der Waals surface area contributed by atoms with Crippen molar-refractivity contribution in [3.63, 3.8) is 0 Å². The summed E-state index contributed by atoms with van der Waals surface area (Å²) < 4.78 is 0.